The molecule has 1 saturated heterocycles. The Balaban J connectivity index is 1.67. The largest absolute Gasteiger partial charge is 0.497 e. The van der Waals surface area contributed by atoms with Crippen LogP contribution in [0.15, 0.2) is 24.3 Å². The molecule has 1 aliphatic rings. The van der Waals surface area contributed by atoms with Gasteiger partial charge in [-0.2, -0.15) is 0 Å². The highest BCUT2D eigenvalue weighted by atomic mass is 16.5. The van der Waals surface area contributed by atoms with E-state index in [2.05, 4.69) is 28.2 Å². The number of carbonyl (C=O) groups excluding carboxylic acids is 1. The van der Waals surface area contributed by atoms with Crippen LogP contribution in [0, 0.1) is 0 Å². The molecule has 1 heterocycles. The van der Waals surface area contributed by atoms with Crippen molar-refractivity contribution in [3.8, 4) is 5.75 Å². The number of nitrogens with one attached hydrogen (secondary N) is 1. The number of nitrogens with zero attached hydrogens (tertiary/aromatic N) is 2. The Hall–Kier alpha value is -1.59. The van der Waals surface area contributed by atoms with Crippen LogP contribution in [-0.4, -0.2) is 69.1 Å². The summed E-state index contributed by atoms with van der Waals surface area (Å²) in [4.78, 5) is 16.4. The molecule has 21 heavy (non-hydrogen) atoms. The van der Waals surface area contributed by atoms with Crippen LogP contribution < -0.4 is 10.1 Å². The summed E-state index contributed by atoms with van der Waals surface area (Å²) in [5.74, 6) is 0.971. The second-order valence-corrected chi connectivity index (χ2v) is 5.53. The molecule has 1 fully saturated rings. The standard InChI is InChI=1S/C16H25N3O2/c1-18-8-10-19(11-9-18)13-16(20)17-7-6-14-4-3-5-15(12-14)21-2/h3-5,12H,6-11,13H2,1-2H3,(H,17,20). The van der Waals surface area contributed by atoms with E-state index in [4.69, 9.17) is 4.74 Å². The average Bonchev–Trinajstić information content (AvgIpc) is 2.50. The first-order valence-electron chi connectivity index (χ1n) is 7.48. The van der Waals surface area contributed by atoms with Gasteiger partial charge in [0.2, 0.25) is 5.91 Å². The molecule has 0 bridgehead atoms. The van der Waals surface area contributed by atoms with Gasteiger partial charge >= 0.3 is 0 Å². The van der Waals surface area contributed by atoms with Gasteiger partial charge < -0.3 is 15.0 Å². The fourth-order valence-electron chi connectivity index (χ4n) is 2.44. The molecule has 1 amide bonds. The molecule has 0 aliphatic carbocycles. The number of carbonyl (C=O) groups is 1. The van der Waals surface area contributed by atoms with E-state index in [1.54, 1.807) is 7.11 Å². The SMILES string of the molecule is COc1cccc(CCNC(=O)CN2CCN(C)CC2)c1. The molecule has 116 valence electrons. The summed E-state index contributed by atoms with van der Waals surface area (Å²) in [6.45, 7) is 5.19. The Labute approximate surface area is 126 Å². The Bertz CT molecular complexity index is 457. The fourth-order valence-corrected chi connectivity index (χ4v) is 2.44. The van der Waals surface area contributed by atoms with Crippen LogP contribution in [0.4, 0.5) is 0 Å². The van der Waals surface area contributed by atoms with Crippen molar-refractivity contribution in [2.75, 3.05) is 53.4 Å². The molecule has 0 atom stereocenters. The summed E-state index contributed by atoms with van der Waals surface area (Å²) in [7, 11) is 3.78. The number of ether oxygens (including phenoxy) is 1. The molecule has 2 rings (SSSR count). The predicted octanol–water partition coefficient (Wildman–Crippen LogP) is 0.601. The van der Waals surface area contributed by atoms with Crippen LogP contribution in [0.1, 0.15) is 5.56 Å². The normalized spacial score (nSPS) is 16.7. The number of methoxy groups -OCH3 is 1. The highest BCUT2D eigenvalue weighted by molar-refractivity contribution is 5.78. The Morgan fingerprint density at radius 3 is 2.76 bits per heavy atom. The fraction of sp³-hybridized carbons (Fsp3) is 0.562. The van der Waals surface area contributed by atoms with Crippen LogP contribution in [-0.2, 0) is 11.2 Å². The summed E-state index contributed by atoms with van der Waals surface area (Å²) in [6, 6.07) is 7.96. The first-order valence-corrected chi connectivity index (χ1v) is 7.48. The van der Waals surface area contributed by atoms with Gasteiger partial charge in [-0.1, -0.05) is 12.1 Å². The maximum absolute atomic E-state index is 11.9. The van der Waals surface area contributed by atoms with Crippen LogP contribution in [0.3, 0.4) is 0 Å². The monoisotopic (exact) mass is 291 g/mol. The Kier molecular flexibility index (Phi) is 6.02. The van der Waals surface area contributed by atoms with Crippen molar-refractivity contribution in [3.63, 3.8) is 0 Å². The quantitative estimate of drug-likeness (QED) is 0.834. The van der Waals surface area contributed by atoms with Crippen molar-refractivity contribution in [1.82, 2.24) is 15.1 Å². The average molecular weight is 291 g/mol. The van der Waals surface area contributed by atoms with E-state index in [1.807, 2.05) is 18.2 Å². The summed E-state index contributed by atoms with van der Waals surface area (Å²) in [6.07, 6.45) is 0.825. The minimum absolute atomic E-state index is 0.113. The van der Waals surface area contributed by atoms with Gasteiger partial charge in [0, 0.05) is 32.7 Å². The molecular formula is C16H25N3O2. The maximum Gasteiger partial charge on any atom is 0.234 e. The Morgan fingerprint density at radius 1 is 1.29 bits per heavy atom. The van der Waals surface area contributed by atoms with Gasteiger partial charge in [0.15, 0.2) is 0 Å². The summed E-state index contributed by atoms with van der Waals surface area (Å²) >= 11 is 0. The van der Waals surface area contributed by atoms with Gasteiger partial charge in [-0.05, 0) is 31.2 Å². The van der Waals surface area contributed by atoms with E-state index in [9.17, 15) is 4.79 Å². The topological polar surface area (TPSA) is 44.8 Å². The first kappa shape index (κ1) is 15.8. The summed E-state index contributed by atoms with van der Waals surface area (Å²) in [5, 5.41) is 2.99. The van der Waals surface area contributed by atoms with Crippen molar-refractivity contribution < 1.29 is 9.53 Å². The van der Waals surface area contributed by atoms with Crippen LogP contribution in [0.5, 0.6) is 5.75 Å². The number of likely N-dealkylation sites (N-methyl/N-ethyl adjacent to an activating group) is 1. The summed E-state index contributed by atoms with van der Waals surface area (Å²) < 4.78 is 5.19. The van der Waals surface area contributed by atoms with Crippen molar-refractivity contribution >= 4 is 5.91 Å². The van der Waals surface area contributed by atoms with E-state index in [1.165, 1.54) is 5.56 Å². The molecule has 0 unspecified atom stereocenters. The second kappa shape index (κ2) is 8.00. The van der Waals surface area contributed by atoms with Gasteiger partial charge in [-0.15, -0.1) is 0 Å². The predicted molar refractivity (Wildman–Crippen MR) is 83.6 cm³/mol. The van der Waals surface area contributed by atoms with Gasteiger partial charge in [0.1, 0.15) is 5.75 Å². The number of piperazine rings is 1. The van der Waals surface area contributed by atoms with E-state index in [-0.39, 0.29) is 5.91 Å². The van der Waals surface area contributed by atoms with Crippen molar-refractivity contribution in [2.45, 2.75) is 6.42 Å². The van der Waals surface area contributed by atoms with E-state index in [0.29, 0.717) is 13.1 Å². The van der Waals surface area contributed by atoms with Crippen LogP contribution >= 0.6 is 0 Å². The molecule has 1 aromatic rings. The summed E-state index contributed by atoms with van der Waals surface area (Å²) in [5.41, 5.74) is 1.18. The lowest BCUT2D eigenvalue weighted by atomic mass is 10.1. The molecule has 0 saturated carbocycles. The molecule has 5 heteroatoms. The highest BCUT2D eigenvalue weighted by Gasteiger charge is 2.16. The highest BCUT2D eigenvalue weighted by Crippen LogP contribution is 2.12. The molecule has 1 N–H and O–H groups in total. The second-order valence-electron chi connectivity index (χ2n) is 5.53. The number of hydrogen-bond donors (Lipinski definition) is 1. The molecule has 1 aromatic carbocycles. The number of hydrogen-bond acceptors (Lipinski definition) is 4. The van der Waals surface area contributed by atoms with Gasteiger partial charge in [-0.3, -0.25) is 9.69 Å². The number of amides is 1. The molecule has 0 radical (unpaired) electrons. The maximum atomic E-state index is 11.9. The number of rotatable bonds is 6. The molecular weight excluding hydrogens is 266 g/mol. The lowest BCUT2D eigenvalue weighted by molar-refractivity contribution is -0.122. The van der Waals surface area contributed by atoms with Crippen LogP contribution in [0.2, 0.25) is 0 Å². The smallest absolute Gasteiger partial charge is 0.234 e. The third-order valence-electron chi connectivity index (χ3n) is 3.83. The van der Waals surface area contributed by atoms with Gasteiger partial charge in [-0.25, -0.2) is 0 Å². The molecule has 0 spiro atoms. The molecule has 5 nitrogen and oxygen atoms in total. The van der Waals surface area contributed by atoms with E-state index >= 15 is 0 Å². The van der Waals surface area contributed by atoms with Crippen LogP contribution in [0.25, 0.3) is 0 Å². The zero-order chi connectivity index (χ0) is 15.1. The lowest BCUT2D eigenvalue weighted by Gasteiger charge is -2.31. The third-order valence-corrected chi connectivity index (χ3v) is 3.83. The molecule has 1 aliphatic heterocycles. The lowest BCUT2D eigenvalue weighted by Crippen LogP contribution is -2.48. The molecule has 0 aromatic heterocycles. The number of benzene rings is 1. The third kappa shape index (κ3) is 5.36. The minimum Gasteiger partial charge on any atom is -0.497 e. The van der Waals surface area contributed by atoms with E-state index < -0.39 is 0 Å². The van der Waals surface area contributed by atoms with Gasteiger partial charge in [0.25, 0.3) is 0 Å². The zero-order valence-electron chi connectivity index (χ0n) is 13.0. The van der Waals surface area contributed by atoms with Crippen molar-refractivity contribution in [1.29, 1.82) is 0 Å². The Morgan fingerprint density at radius 2 is 2.05 bits per heavy atom. The minimum atomic E-state index is 0.113. The van der Waals surface area contributed by atoms with E-state index in [0.717, 1.165) is 38.3 Å². The zero-order valence-corrected chi connectivity index (χ0v) is 13.0. The van der Waals surface area contributed by atoms with Crippen molar-refractivity contribution in [3.05, 3.63) is 29.8 Å². The van der Waals surface area contributed by atoms with Gasteiger partial charge in [0.05, 0.1) is 13.7 Å². The van der Waals surface area contributed by atoms with Crippen molar-refractivity contribution in [2.24, 2.45) is 0 Å². The first-order chi connectivity index (χ1) is 10.2.